The van der Waals surface area contributed by atoms with Crippen molar-refractivity contribution in [1.82, 2.24) is 0 Å². The first-order chi connectivity index (χ1) is 7.63. The monoisotopic (exact) mass is 237 g/mol. The number of halogens is 1. The van der Waals surface area contributed by atoms with E-state index in [4.69, 9.17) is 17.3 Å². The van der Waals surface area contributed by atoms with Crippen molar-refractivity contribution in [2.45, 2.75) is 12.8 Å². The van der Waals surface area contributed by atoms with Crippen molar-refractivity contribution in [1.29, 1.82) is 0 Å². The van der Waals surface area contributed by atoms with Crippen LogP contribution in [0.25, 0.3) is 0 Å². The molecule has 0 aliphatic rings. The van der Waals surface area contributed by atoms with Gasteiger partial charge >= 0.3 is 5.97 Å². The van der Waals surface area contributed by atoms with Gasteiger partial charge in [0, 0.05) is 22.7 Å². The summed E-state index contributed by atoms with van der Waals surface area (Å²) in [7, 11) is 1.35. The van der Waals surface area contributed by atoms with E-state index in [1.165, 1.54) is 7.11 Å². The second-order valence-corrected chi connectivity index (χ2v) is 3.55. The summed E-state index contributed by atoms with van der Waals surface area (Å²) in [5.74, 6) is 5.44. The summed E-state index contributed by atoms with van der Waals surface area (Å²) in [6.45, 7) is 0. The Morgan fingerprint density at radius 1 is 1.56 bits per heavy atom. The van der Waals surface area contributed by atoms with E-state index in [0.717, 1.165) is 0 Å². The number of carbonyl (C=O) groups excluding carboxylic acids is 1. The molecule has 1 aromatic rings. The van der Waals surface area contributed by atoms with Crippen LogP contribution in [0.2, 0.25) is 5.02 Å². The minimum absolute atomic E-state index is 0.270. The fourth-order valence-electron chi connectivity index (χ4n) is 1.06. The van der Waals surface area contributed by atoms with Gasteiger partial charge in [0.05, 0.1) is 13.5 Å². The molecule has 0 saturated carbocycles. The van der Waals surface area contributed by atoms with Gasteiger partial charge in [0.2, 0.25) is 0 Å². The van der Waals surface area contributed by atoms with Crippen molar-refractivity contribution in [3.05, 3.63) is 28.8 Å². The van der Waals surface area contributed by atoms with Gasteiger partial charge < -0.3 is 10.5 Å². The largest absolute Gasteiger partial charge is 0.469 e. The normalized spacial score (nSPS) is 9.12. The van der Waals surface area contributed by atoms with Gasteiger partial charge in [0.25, 0.3) is 0 Å². The fourth-order valence-corrected chi connectivity index (χ4v) is 1.23. The highest BCUT2D eigenvalue weighted by atomic mass is 35.5. The Morgan fingerprint density at radius 3 is 3.00 bits per heavy atom. The molecule has 0 saturated heterocycles. The zero-order valence-electron chi connectivity index (χ0n) is 8.92. The summed E-state index contributed by atoms with van der Waals surface area (Å²) in [5.41, 5.74) is 6.96. The minimum Gasteiger partial charge on any atom is -0.469 e. The number of ether oxygens (including phenoxy) is 1. The lowest BCUT2D eigenvalue weighted by Crippen LogP contribution is -1.98. The predicted molar refractivity (Wildman–Crippen MR) is 64.0 cm³/mol. The number of nitrogens with two attached hydrogens (primary N) is 1. The van der Waals surface area contributed by atoms with E-state index in [0.29, 0.717) is 22.7 Å². The number of methoxy groups -OCH3 is 1. The summed E-state index contributed by atoms with van der Waals surface area (Å²) in [4.78, 5) is 10.8. The van der Waals surface area contributed by atoms with E-state index in [9.17, 15) is 4.79 Å². The van der Waals surface area contributed by atoms with E-state index in [1.807, 2.05) is 0 Å². The average molecular weight is 238 g/mol. The molecule has 0 bridgehead atoms. The number of hydrogen-bond acceptors (Lipinski definition) is 3. The third kappa shape index (κ3) is 3.84. The first kappa shape index (κ1) is 12.4. The van der Waals surface area contributed by atoms with Crippen LogP contribution in [-0.4, -0.2) is 13.1 Å². The molecule has 0 atom stereocenters. The van der Waals surface area contributed by atoms with E-state index < -0.39 is 0 Å². The van der Waals surface area contributed by atoms with E-state index in [2.05, 4.69) is 16.6 Å². The van der Waals surface area contributed by atoms with Crippen LogP contribution in [0.15, 0.2) is 18.2 Å². The summed E-state index contributed by atoms with van der Waals surface area (Å²) < 4.78 is 4.49. The molecule has 84 valence electrons. The molecule has 16 heavy (non-hydrogen) atoms. The predicted octanol–water partition coefficient (Wildman–Crippen LogP) is 2.23. The van der Waals surface area contributed by atoms with Gasteiger partial charge in [-0.05, 0) is 18.2 Å². The fraction of sp³-hybridized carbons (Fsp3) is 0.250. The lowest BCUT2D eigenvalue weighted by atomic mass is 10.2. The molecule has 0 amide bonds. The second-order valence-electron chi connectivity index (χ2n) is 3.11. The average Bonchev–Trinajstić information content (AvgIpc) is 2.28. The third-order valence-corrected chi connectivity index (χ3v) is 2.16. The summed E-state index contributed by atoms with van der Waals surface area (Å²) in [5, 5.41) is 0.589. The highest BCUT2D eigenvalue weighted by Gasteiger charge is 1.98. The first-order valence-corrected chi connectivity index (χ1v) is 5.12. The SMILES string of the molecule is COC(=O)CCC#Cc1cc(Cl)ccc1N. The van der Waals surface area contributed by atoms with Crippen LogP contribution in [0.1, 0.15) is 18.4 Å². The Bertz CT molecular complexity index is 446. The highest BCUT2D eigenvalue weighted by molar-refractivity contribution is 6.30. The van der Waals surface area contributed by atoms with E-state index in [-0.39, 0.29) is 12.4 Å². The van der Waals surface area contributed by atoms with Gasteiger partial charge in [-0.1, -0.05) is 23.4 Å². The number of carbonyl (C=O) groups is 1. The molecule has 0 fully saturated rings. The minimum atomic E-state index is -0.270. The molecule has 0 aromatic heterocycles. The zero-order valence-corrected chi connectivity index (χ0v) is 9.67. The Hall–Kier alpha value is -1.66. The molecule has 0 spiro atoms. The van der Waals surface area contributed by atoms with Gasteiger partial charge in [0.1, 0.15) is 0 Å². The Kier molecular flexibility index (Phi) is 4.68. The molecular weight excluding hydrogens is 226 g/mol. The van der Waals surface area contributed by atoms with Crippen LogP contribution in [0.3, 0.4) is 0 Å². The van der Waals surface area contributed by atoms with Crippen LogP contribution in [-0.2, 0) is 9.53 Å². The van der Waals surface area contributed by atoms with Crippen molar-refractivity contribution in [2.24, 2.45) is 0 Å². The number of benzene rings is 1. The summed E-state index contributed by atoms with van der Waals surface area (Å²) >= 11 is 5.81. The molecule has 3 nitrogen and oxygen atoms in total. The van der Waals surface area contributed by atoms with Gasteiger partial charge in [-0.25, -0.2) is 0 Å². The molecule has 0 heterocycles. The maximum Gasteiger partial charge on any atom is 0.306 e. The maximum absolute atomic E-state index is 10.8. The van der Waals surface area contributed by atoms with E-state index >= 15 is 0 Å². The highest BCUT2D eigenvalue weighted by Crippen LogP contribution is 2.16. The topological polar surface area (TPSA) is 52.3 Å². The van der Waals surface area contributed by atoms with Gasteiger partial charge in [0.15, 0.2) is 0 Å². The molecule has 0 aliphatic carbocycles. The molecule has 2 N–H and O–H groups in total. The molecule has 0 aliphatic heterocycles. The number of esters is 1. The van der Waals surface area contributed by atoms with Crippen LogP contribution in [0, 0.1) is 11.8 Å². The Morgan fingerprint density at radius 2 is 2.31 bits per heavy atom. The third-order valence-electron chi connectivity index (χ3n) is 1.92. The van der Waals surface area contributed by atoms with Gasteiger partial charge in [-0.15, -0.1) is 0 Å². The van der Waals surface area contributed by atoms with Crippen molar-refractivity contribution in [2.75, 3.05) is 12.8 Å². The second kappa shape index (κ2) is 6.04. The molecule has 0 unspecified atom stereocenters. The number of nitrogen functional groups attached to an aromatic ring is 1. The molecule has 1 aromatic carbocycles. The molecular formula is C12H12ClNO2. The van der Waals surface area contributed by atoms with Gasteiger partial charge in [-0.2, -0.15) is 0 Å². The molecule has 1 rings (SSSR count). The number of hydrogen-bond donors (Lipinski definition) is 1. The van der Waals surface area contributed by atoms with Crippen LogP contribution < -0.4 is 5.73 Å². The molecule has 4 heteroatoms. The lowest BCUT2D eigenvalue weighted by Gasteiger charge is -1.97. The van der Waals surface area contributed by atoms with Crippen LogP contribution in [0.4, 0.5) is 5.69 Å². The van der Waals surface area contributed by atoms with E-state index in [1.54, 1.807) is 18.2 Å². The van der Waals surface area contributed by atoms with Crippen LogP contribution in [0.5, 0.6) is 0 Å². The maximum atomic E-state index is 10.8. The van der Waals surface area contributed by atoms with Gasteiger partial charge in [-0.3, -0.25) is 4.79 Å². The first-order valence-electron chi connectivity index (χ1n) is 4.74. The van der Waals surface area contributed by atoms with Crippen LogP contribution >= 0.6 is 11.6 Å². The molecule has 0 radical (unpaired) electrons. The smallest absolute Gasteiger partial charge is 0.306 e. The van der Waals surface area contributed by atoms with Crippen molar-refractivity contribution in [3.8, 4) is 11.8 Å². The number of anilines is 1. The number of rotatable bonds is 2. The Labute approximate surface area is 99.5 Å². The van der Waals surface area contributed by atoms with Crippen molar-refractivity contribution >= 4 is 23.3 Å². The Balaban J connectivity index is 2.62. The van der Waals surface area contributed by atoms with Crippen molar-refractivity contribution in [3.63, 3.8) is 0 Å². The standard InChI is InChI=1S/C12H12ClNO2/c1-16-12(15)5-3-2-4-9-8-10(13)6-7-11(9)14/h6-8H,3,5,14H2,1H3. The quantitative estimate of drug-likeness (QED) is 0.488. The lowest BCUT2D eigenvalue weighted by molar-refractivity contribution is -0.140. The summed E-state index contributed by atoms with van der Waals surface area (Å²) in [6, 6.07) is 5.10. The van der Waals surface area contributed by atoms with Crippen molar-refractivity contribution < 1.29 is 9.53 Å². The summed E-state index contributed by atoms with van der Waals surface area (Å²) in [6.07, 6.45) is 0.725. The zero-order chi connectivity index (χ0) is 12.0.